The van der Waals surface area contributed by atoms with Crippen LogP contribution in [0.3, 0.4) is 0 Å². The maximum atomic E-state index is 14.2. The first-order valence-electron chi connectivity index (χ1n) is 13.9. The molecule has 43 heavy (non-hydrogen) atoms. The predicted octanol–water partition coefficient (Wildman–Crippen LogP) is 6.64. The predicted molar refractivity (Wildman–Crippen MR) is 171 cm³/mol. The summed E-state index contributed by atoms with van der Waals surface area (Å²) >= 11 is 19.3. The smallest absolute Gasteiger partial charge is 0.264 e. The molecule has 3 aromatic carbocycles. The van der Waals surface area contributed by atoms with Crippen LogP contribution in [0.4, 0.5) is 5.69 Å². The lowest BCUT2D eigenvalue weighted by molar-refractivity contribution is -0.139. The Bertz CT molecular complexity index is 1560. The van der Waals surface area contributed by atoms with Gasteiger partial charge in [-0.3, -0.25) is 13.9 Å². The molecular formula is C31H34Cl3N3O5S. The van der Waals surface area contributed by atoms with Gasteiger partial charge in [0.25, 0.3) is 10.0 Å². The maximum absolute atomic E-state index is 14.2. The normalized spacial score (nSPS) is 14.3. The van der Waals surface area contributed by atoms with Crippen molar-refractivity contribution in [1.29, 1.82) is 0 Å². The molecule has 12 heteroatoms. The molecule has 0 aliphatic heterocycles. The third kappa shape index (κ3) is 7.76. The number of aryl methyl sites for hydroxylation is 1. The summed E-state index contributed by atoms with van der Waals surface area (Å²) in [6.07, 6.45) is 3.77. The molecule has 1 atom stereocenters. The molecule has 0 heterocycles. The number of hydrogen-bond acceptors (Lipinski definition) is 5. The van der Waals surface area contributed by atoms with Gasteiger partial charge in [-0.15, -0.1) is 0 Å². The first-order chi connectivity index (χ1) is 20.4. The van der Waals surface area contributed by atoms with E-state index in [1.165, 1.54) is 42.3 Å². The standard InChI is InChI=1S/C31H34Cl3N3O5S/c1-20-11-14-24(15-12-20)43(40,41)37(23-13-16-29(42-3)28(34)17-23)19-30(38)36(18-25-26(32)9-6-10-27(25)33)21(2)31(39)35-22-7-4-5-8-22/h6,9-17,21-22H,4-5,7-8,18-19H2,1-3H3,(H,35,39)/t21-/m1/s1. The molecule has 0 bridgehead atoms. The average Bonchev–Trinajstić information content (AvgIpc) is 3.48. The molecule has 1 aliphatic rings. The van der Waals surface area contributed by atoms with Crippen molar-refractivity contribution in [3.63, 3.8) is 0 Å². The van der Waals surface area contributed by atoms with Crippen LogP contribution in [0.1, 0.15) is 43.7 Å². The Kier molecular flexibility index (Phi) is 10.9. The summed E-state index contributed by atoms with van der Waals surface area (Å²) < 4.78 is 34.3. The number of nitrogens with zero attached hydrogens (tertiary/aromatic N) is 2. The van der Waals surface area contributed by atoms with Crippen LogP contribution in [0.15, 0.2) is 65.6 Å². The SMILES string of the molecule is COc1ccc(N(CC(=O)N(Cc2c(Cl)cccc2Cl)[C@H](C)C(=O)NC2CCCC2)S(=O)(=O)c2ccc(C)cc2)cc1Cl. The van der Waals surface area contributed by atoms with Crippen molar-refractivity contribution in [3.8, 4) is 5.75 Å². The van der Waals surface area contributed by atoms with Crippen LogP contribution in [-0.2, 0) is 26.2 Å². The van der Waals surface area contributed by atoms with E-state index in [1.54, 1.807) is 37.3 Å². The summed E-state index contributed by atoms with van der Waals surface area (Å²) in [6.45, 7) is 2.72. The summed E-state index contributed by atoms with van der Waals surface area (Å²) in [5.41, 5.74) is 1.47. The van der Waals surface area contributed by atoms with E-state index in [0.29, 0.717) is 21.4 Å². The van der Waals surface area contributed by atoms with Crippen LogP contribution in [0.25, 0.3) is 0 Å². The summed E-state index contributed by atoms with van der Waals surface area (Å²) in [7, 11) is -2.81. The van der Waals surface area contributed by atoms with Gasteiger partial charge in [-0.2, -0.15) is 0 Å². The van der Waals surface area contributed by atoms with Crippen molar-refractivity contribution in [1.82, 2.24) is 10.2 Å². The zero-order valence-electron chi connectivity index (χ0n) is 24.1. The zero-order chi connectivity index (χ0) is 31.3. The second-order valence-electron chi connectivity index (χ2n) is 10.5. The Balaban J connectivity index is 1.74. The van der Waals surface area contributed by atoms with E-state index in [4.69, 9.17) is 39.5 Å². The highest BCUT2D eigenvalue weighted by Crippen LogP contribution is 2.33. The zero-order valence-corrected chi connectivity index (χ0v) is 27.2. The van der Waals surface area contributed by atoms with E-state index in [1.807, 2.05) is 6.92 Å². The number of methoxy groups -OCH3 is 1. The van der Waals surface area contributed by atoms with Crippen molar-refractivity contribution in [2.24, 2.45) is 0 Å². The Morgan fingerprint density at radius 2 is 1.60 bits per heavy atom. The molecule has 230 valence electrons. The number of anilines is 1. The Hall–Kier alpha value is -2.98. The van der Waals surface area contributed by atoms with Gasteiger partial charge in [0.15, 0.2) is 0 Å². The van der Waals surface area contributed by atoms with Gasteiger partial charge in [0, 0.05) is 28.2 Å². The minimum atomic E-state index is -4.26. The van der Waals surface area contributed by atoms with Gasteiger partial charge >= 0.3 is 0 Å². The number of carbonyl (C=O) groups is 2. The number of benzene rings is 3. The Labute approximate surface area is 267 Å². The molecule has 2 amide bonds. The lowest BCUT2D eigenvalue weighted by Crippen LogP contribution is -2.52. The Morgan fingerprint density at radius 1 is 0.977 bits per heavy atom. The lowest BCUT2D eigenvalue weighted by Gasteiger charge is -2.33. The van der Waals surface area contributed by atoms with Gasteiger partial charge < -0.3 is 15.0 Å². The number of carbonyl (C=O) groups excluding carboxylic acids is 2. The number of halogens is 3. The maximum Gasteiger partial charge on any atom is 0.264 e. The molecule has 0 aromatic heterocycles. The first kappa shape index (κ1) is 32.9. The number of ether oxygens (including phenoxy) is 1. The van der Waals surface area contributed by atoms with Crippen LogP contribution in [0.5, 0.6) is 5.75 Å². The third-order valence-corrected chi connectivity index (χ3v) is 10.4. The summed E-state index contributed by atoms with van der Waals surface area (Å²) in [6, 6.07) is 14.8. The van der Waals surface area contributed by atoms with E-state index in [0.717, 1.165) is 35.6 Å². The summed E-state index contributed by atoms with van der Waals surface area (Å²) in [5, 5.41) is 3.84. The summed E-state index contributed by atoms with van der Waals surface area (Å²) in [5.74, 6) is -0.631. The number of nitrogens with one attached hydrogen (secondary N) is 1. The largest absolute Gasteiger partial charge is 0.495 e. The van der Waals surface area contributed by atoms with Gasteiger partial charge in [0.05, 0.1) is 22.7 Å². The van der Waals surface area contributed by atoms with Crippen LogP contribution < -0.4 is 14.4 Å². The fraction of sp³-hybridized carbons (Fsp3) is 0.355. The highest BCUT2D eigenvalue weighted by atomic mass is 35.5. The van der Waals surface area contributed by atoms with Gasteiger partial charge in [-0.05, 0) is 69.2 Å². The molecule has 1 saturated carbocycles. The number of hydrogen-bond donors (Lipinski definition) is 1. The minimum absolute atomic E-state index is 0.00874. The molecule has 1 aliphatic carbocycles. The average molecular weight is 667 g/mol. The fourth-order valence-corrected chi connectivity index (χ4v) is 7.18. The molecule has 8 nitrogen and oxygen atoms in total. The molecule has 0 unspecified atom stereocenters. The topological polar surface area (TPSA) is 96.0 Å². The third-order valence-electron chi connectivity index (χ3n) is 7.57. The second-order valence-corrected chi connectivity index (χ2v) is 13.6. The van der Waals surface area contributed by atoms with Crippen molar-refractivity contribution >= 4 is 62.3 Å². The second kappa shape index (κ2) is 14.2. The molecule has 0 spiro atoms. The first-order valence-corrected chi connectivity index (χ1v) is 16.5. The van der Waals surface area contributed by atoms with Crippen LogP contribution in [-0.4, -0.2) is 50.9 Å². The Morgan fingerprint density at radius 3 is 2.19 bits per heavy atom. The van der Waals surface area contributed by atoms with Crippen molar-refractivity contribution < 1.29 is 22.7 Å². The van der Waals surface area contributed by atoms with Crippen LogP contribution >= 0.6 is 34.8 Å². The molecule has 0 saturated heterocycles. The lowest BCUT2D eigenvalue weighted by atomic mass is 10.1. The van der Waals surface area contributed by atoms with Crippen molar-refractivity contribution in [2.75, 3.05) is 18.0 Å². The number of sulfonamides is 1. The van der Waals surface area contributed by atoms with Gasteiger partial charge in [0.2, 0.25) is 11.8 Å². The number of rotatable bonds is 11. The van der Waals surface area contributed by atoms with Gasteiger partial charge in [0.1, 0.15) is 18.3 Å². The van der Waals surface area contributed by atoms with E-state index >= 15 is 0 Å². The van der Waals surface area contributed by atoms with E-state index in [9.17, 15) is 18.0 Å². The summed E-state index contributed by atoms with van der Waals surface area (Å²) in [4.78, 5) is 28.9. The van der Waals surface area contributed by atoms with Gasteiger partial charge in [-0.25, -0.2) is 8.42 Å². The number of amides is 2. The van der Waals surface area contributed by atoms with E-state index in [2.05, 4.69) is 5.32 Å². The van der Waals surface area contributed by atoms with E-state index in [-0.39, 0.29) is 34.1 Å². The monoisotopic (exact) mass is 665 g/mol. The molecule has 1 N–H and O–H groups in total. The van der Waals surface area contributed by atoms with Gasteiger partial charge in [-0.1, -0.05) is 71.4 Å². The van der Waals surface area contributed by atoms with Crippen LogP contribution in [0.2, 0.25) is 15.1 Å². The minimum Gasteiger partial charge on any atom is -0.495 e. The van der Waals surface area contributed by atoms with Crippen molar-refractivity contribution in [3.05, 3.63) is 86.9 Å². The van der Waals surface area contributed by atoms with E-state index < -0.39 is 28.5 Å². The molecule has 1 fully saturated rings. The highest BCUT2D eigenvalue weighted by molar-refractivity contribution is 7.92. The molecule has 4 rings (SSSR count). The molecule has 0 radical (unpaired) electrons. The molecular weight excluding hydrogens is 633 g/mol. The van der Waals surface area contributed by atoms with Crippen LogP contribution in [0, 0.1) is 6.92 Å². The quantitative estimate of drug-likeness (QED) is 0.248. The highest BCUT2D eigenvalue weighted by Gasteiger charge is 2.34. The fourth-order valence-electron chi connectivity index (χ4n) is 5.00. The van der Waals surface area contributed by atoms with Crippen molar-refractivity contribution in [2.45, 2.75) is 63.1 Å². The molecule has 3 aromatic rings.